The van der Waals surface area contributed by atoms with Crippen molar-refractivity contribution in [1.82, 2.24) is 9.88 Å². The Bertz CT molecular complexity index is 906. The highest BCUT2D eigenvalue weighted by Gasteiger charge is 2.25. The van der Waals surface area contributed by atoms with E-state index >= 15 is 0 Å². The number of benzene rings is 1. The highest BCUT2D eigenvalue weighted by molar-refractivity contribution is 5.59. The van der Waals surface area contributed by atoms with Crippen molar-refractivity contribution >= 4 is 5.69 Å². The summed E-state index contributed by atoms with van der Waals surface area (Å²) in [6.07, 6.45) is 7.30. The molecule has 1 saturated heterocycles. The zero-order valence-electron chi connectivity index (χ0n) is 15.0. The normalized spacial score (nSPS) is 17.7. The second-order valence-electron chi connectivity index (χ2n) is 6.84. The number of aromatic nitrogens is 1. The third-order valence-electron chi connectivity index (χ3n) is 5.07. The number of non-ortho nitro benzene ring substituents is 1. The number of nitrogens with zero attached hydrogens (tertiary/aromatic N) is 3. The predicted octanol–water partition coefficient (Wildman–Crippen LogP) is 4.98. The van der Waals surface area contributed by atoms with E-state index < -0.39 is 4.92 Å². The Balaban J connectivity index is 1.50. The Hall–Kier alpha value is -2.99. The van der Waals surface area contributed by atoms with Crippen molar-refractivity contribution in [3.05, 3.63) is 82.4 Å². The molecule has 0 aliphatic carbocycles. The minimum Gasteiger partial charge on any atom is -0.460 e. The summed E-state index contributed by atoms with van der Waals surface area (Å²) in [5.74, 6) is 1.63. The van der Waals surface area contributed by atoms with Gasteiger partial charge in [0, 0.05) is 36.1 Å². The van der Waals surface area contributed by atoms with Gasteiger partial charge in [-0.3, -0.25) is 20.0 Å². The minimum atomic E-state index is -0.397. The van der Waals surface area contributed by atoms with Crippen molar-refractivity contribution in [2.24, 2.45) is 0 Å². The first-order valence-corrected chi connectivity index (χ1v) is 9.18. The van der Waals surface area contributed by atoms with Crippen LogP contribution < -0.4 is 0 Å². The molecule has 0 spiro atoms. The Morgan fingerprint density at radius 2 is 2.00 bits per heavy atom. The van der Waals surface area contributed by atoms with Crippen LogP contribution in [0.5, 0.6) is 0 Å². The fourth-order valence-electron chi connectivity index (χ4n) is 3.70. The van der Waals surface area contributed by atoms with Crippen molar-refractivity contribution in [3.63, 3.8) is 0 Å². The zero-order valence-corrected chi connectivity index (χ0v) is 15.0. The Labute approximate surface area is 157 Å². The Morgan fingerprint density at radius 3 is 2.74 bits per heavy atom. The number of rotatable bonds is 5. The molecule has 6 heteroatoms. The highest BCUT2D eigenvalue weighted by atomic mass is 16.6. The van der Waals surface area contributed by atoms with E-state index in [4.69, 9.17) is 4.42 Å². The maximum Gasteiger partial charge on any atom is 0.269 e. The lowest BCUT2D eigenvalue weighted by Crippen LogP contribution is -2.32. The summed E-state index contributed by atoms with van der Waals surface area (Å²) in [6, 6.07) is 14.9. The third kappa shape index (κ3) is 3.90. The summed E-state index contributed by atoms with van der Waals surface area (Å²) < 4.78 is 6.03. The molecule has 1 aromatic carbocycles. The predicted molar refractivity (Wildman–Crippen MR) is 102 cm³/mol. The molecule has 1 aliphatic heterocycles. The fraction of sp³-hybridized carbons (Fsp3) is 0.286. The second kappa shape index (κ2) is 7.72. The molecule has 1 atom stereocenters. The number of nitro groups is 1. The van der Waals surface area contributed by atoms with Crippen LogP contribution in [0, 0.1) is 10.1 Å². The molecule has 27 heavy (non-hydrogen) atoms. The SMILES string of the molecule is O=[N+]([O-])c1ccc(-c2ccc(CN3CCCC[C@H]3c3cccnc3)o2)cc1. The van der Waals surface area contributed by atoms with Gasteiger partial charge in [0.2, 0.25) is 0 Å². The summed E-state index contributed by atoms with van der Waals surface area (Å²) in [6.45, 7) is 1.78. The standard InChI is InChI=1S/C21H21N3O3/c25-24(26)18-8-6-16(7-9-18)21-11-10-19(27-21)15-23-13-2-1-5-20(23)17-4-3-12-22-14-17/h3-4,6-12,14,20H,1-2,5,13,15H2/t20-/m0/s1. The molecule has 0 amide bonds. The molecule has 0 saturated carbocycles. The van der Waals surface area contributed by atoms with Gasteiger partial charge in [0.05, 0.1) is 11.5 Å². The van der Waals surface area contributed by atoms with Gasteiger partial charge >= 0.3 is 0 Å². The highest BCUT2D eigenvalue weighted by Crippen LogP contribution is 2.33. The number of piperidine rings is 1. The maximum atomic E-state index is 10.8. The first-order valence-electron chi connectivity index (χ1n) is 9.18. The van der Waals surface area contributed by atoms with Crippen LogP contribution in [0.15, 0.2) is 65.3 Å². The lowest BCUT2D eigenvalue weighted by molar-refractivity contribution is -0.384. The number of furan rings is 1. The second-order valence-corrected chi connectivity index (χ2v) is 6.84. The molecule has 3 heterocycles. The van der Waals surface area contributed by atoms with E-state index in [1.54, 1.807) is 18.3 Å². The minimum absolute atomic E-state index is 0.0816. The van der Waals surface area contributed by atoms with Crippen LogP contribution in [0.3, 0.4) is 0 Å². The van der Waals surface area contributed by atoms with Crippen molar-refractivity contribution in [1.29, 1.82) is 0 Å². The quantitative estimate of drug-likeness (QED) is 0.472. The summed E-state index contributed by atoms with van der Waals surface area (Å²) >= 11 is 0. The number of pyridine rings is 1. The lowest BCUT2D eigenvalue weighted by atomic mass is 9.96. The lowest BCUT2D eigenvalue weighted by Gasteiger charge is -2.35. The summed E-state index contributed by atoms with van der Waals surface area (Å²) in [5, 5.41) is 10.8. The third-order valence-corrected chi connectivity index (χ3v) is 5.07. The van der Waals surface area contributed by atoms with E-state index in [1.165, 1.54) is 30.5 Å². The molecule has 1 fully saturated rings. The van der Waals surface area contributed by atoms with Crippen molar-refractivity contribution in [3.8, 4) is 11.3 Å². The van der Waals surface area contributed by atoms with Crippen LogP contribution in [0.25, 0.3) is 11.3 Å². The average molecular weight is 363 g/mol. The molecular formula is C21H21N3O3. The van der Waals surface area contributed by atoms with Crippen molar-refractivity contribution < 1.29 is 9.34 Å². The van der Waals surface area contributed by atoms with Crippen LogP contribution in [0.4, 0.5) is 5.69 Å². The van der Waals surface area contributed by atoms with Gasteiger partial charge in [-0.1, -0.05) is 12.5 Å². The van der Waals surface area contributed by atoms with Gasteiger partial charge in [-0.05, 0) is 55.3 Å². The van der Waals surface area contributed by atoms with E-state index in [2.05, 4.69) is 16.0 Å². The monoisotopic (exact) mass is 363 g/mol. The zero-order chi connectivity index (χ0) is 18.6. The van der Waals surface area contributed by atoms with E-state index in [9.17, 15) is 10.1 Å². The molecular weight excluding hydrogens is 342 g/mol. The van der Waals surface area contributed by atoms with Gasteiger partial charge in [-0.25, -0.2) is 0 Å². The van der Waals surface area contributed by atoms with Crippen molar-refractivity contribution in [2.45, 2.75) is 31.8 Å². The smallest absolute Gasteiger partial charge is 0.269 e. The van der Waals surface area contributed by atoms with Crippen LogP contribution in [0.2, 0.25) is 0 Å². The van der Waals surface area contributed by atoms with Gasteiger partial charge in [-0.2, -0.15) is 0 Å². The number of hydrogen-bond acceptors (Lipinski definition) is 5. The molecule has 2 aromatic heterocycles. The van der Waals surface area contributed by atoms with Crippen LogP contribution in [-0.4, -0.2) is 21.4 Å². The van der Waals surface area contributed by atoms with Gasteiger partial charge < -0.3 is 4.42 Å². The number of likely N-dealkylation sites (tertiary alicyclic amines) is 1. The van der Waals surface area contributed by atoms with E-state index in [0.29, 0.717) is 6.04 Å². The molecule has 0 N–H and O–H groups in total. The molecule has 6 nitrogen and oxygen atoms in total. The van der Waals surface area contributed by atoms with Crippen molar-refractivity contribution in [2.75, 3.05) is 6.54 Å². The van der Waals surface area contributed by atoms with Crippen LogP contribution in [0.1, 0.15) is 36.6 Å². The van der Waals surface area contributed by atoms with Gasteiger partial charge in [0.25, 0.3) is 5.69 Å². The molecule has 4 rings (SSSR count). The van der Waals surface area contributed by atoms with Crippen LogP contribution >= 0.6 is 0 Å². The molecule has 0 unspecified atom stereocenters. The first-order chi connectivity index (χ1) is 13.2. The van der Waals surface area contributed by atoms with E-state index in [-0.39, 0.29) is 5.69 Å². The first kappa shape index (κ1) is 17.4. The summed E-state index contributed by atoms with van der Waals surface area (Å²) in [4.78, 5) is 17.1. The number of hydrogen-bond donors (Lipinski definition) is 0. The molecule has 138 valence electrons. The topological polar surface area (TPSA) is 72.4 Å². The van der Waals surface area contributed by atoms with E-state index in [1.807, 2.05) is 24.4 Å². The summed E-state index contributed by atoms with van der Waals surface area (Å²) in [7, 11) is 0. The molecule has 0 bridgehead atoms. The van der Waals surface area contributed by atoms with Gasteiger partial charge in [0.15, 0.2) is 0 Å². The Morgan fingerprint density at radius 1 is 1.15 bits per heavy atom. The van der Waals surface area contributed by atoms with Crippen LogP contribution in [-0.2, 0) is 6.54 Å². The van der Waals surface area contributed by atoms with E-state index in [0.717, 1.165) is 36.6 Å². The number of nitro benzene ring substituents is 1. The van der Waals surface area contributed by atoms with Gasteiger partial charge in [-0.15, -0.1) is 0 Å². The summed E-state index contributed by atoms with van der Waals surface area (Å²) in [5.41, 5.74) is 2.17. The molecule has 3 aromatic rings. The van der Waals surface area contributed by atoms with Gasteiger partial charge in [0.1, 0.15) is 11.5 Å². The average Bonchev–Trinajstić information content (AvgIpc) is 3.18. The Kier molecular flexibility index (Phi) is 4.98. The molecule has 1 aliphatic rings. The largest absolute Gasteiger partial charge is 0.460 e. The molecule has 0 radical (unpaired) electrons. The fourth-order valence-corrected chi connectivity index (χ4v) is 3.70. The maximum absolute atomic E-state index is 10.8.